The molecule has 0 aromatic heterocycles. The minimum Gasteiger partial charge on any atom is -0.316 e. The lowest BCUT2D eigenvalue weighted by Gasteiger charge is -2.36. The van der Waals surface area contributed by atoms with Gasteiger partial charge in [0, 0.05) is 13.1 Å². The molecule has 0 aliphatic carbocycles. The van der Waals surface area contributed by atoms with Crippen LogP contribution in [0.5, 0.6) is 0 Å². The van der Waals surface area contributed by atoms with Gasteiger partial charge < -0.3 is 10.2 Å². The Morgan fingerprint density at radius 1 is 0.895 bits per heavy atom. The molecule has 2 heteroatoms. The van der Waals surface area contributed by atoms with Crippen molar-refractivity contribution in [1.29, 1.82) is 0 Å². The maximum atomic E-state index is 3.56. The van der Waals surface area contributed by atoms with Crippen LogP contribution in [0.25, 0.3) is 0 Å². The van der Waals surface area contributed by atoms with E-state index < -0.39 is 0 Å². The van der Waals surface area contributed by atoms with E-state index in [0.29, 0.717) is 5.41 Å². The number of rotatable bonds is 13. The average Bonchev–Trinajstić information content (AvgIpc) is 2.40. The molecule has 0 aliphatic rings. The van der Waals surface area contributed by atoms with Crippen molar-refractivity contribution in [1.82, 2.24) is 10.2 Å². The molecule has 0 radical (unpaired) electrons. The third kappa shape index (κ3) is 9.45. The summed E-state index contributed by atoms with van der Waals surface area (Å²) in [5, 5.41) is 3.56. The largest absolute Gasteiger partial charge is 0.316 e. The molecule has 1 unspecified atom stereocenters. The molecular weight excluding hydrogens is 232 g/mol. The summed E-state index contributed by atoms with van der Waals surface area (Å²) in [7, 11) is 0. The Hall–Kier alpha value is -0.0800. The van der Waals surface area contributed by atoms with Crippen molar-refractivity contribution in [2.45, 2.75) is 73.1 Å². The lowest BCUT2D eigenvalue weighted by atomic mass is 9.84. The zero-order valence-electron chi connectivity index (χ0n) is 14.2. The zero-order chi connectivity index (χ0) is 14.6. The first-order valence-electron chi connectivity index (χ1n) is 8.54. The quantitative estimate of drug-likeness (QED) is 0.536. The maximum Gasteiger partial charge on any atom is 0.00475 e. The van der Waals surface area contributed by atoms with Gasteiger partial charge in [-0.3, -0.25) is 0 Å². The predicted molar refractivity (Wildman–Crippen MR) is 87.8 cm³/mol. The molecule has 0 saturated carbocycles. The van der Waals surface area contributed by atoms with Crippen molar-refractivity contribution in [3.63, 3.8) is 0 Å². The van der Waals surface area contributed by atoms with Gasteiger partial charge in [0.15, 0.2) is 0 Å². The summed E-state index contributed by atoms with van der Waals surface area (Å²) >= 11 is 0. The van der Waals surface area contributed by atoms with E-state index in [9.17, 15) is 0 Å². The third-order valence-electron chi connectivity index (χ3n) is 3.92. The van der Waals surface area contributed by atoms with Crippen molar-refractivity contribution in [3.8, 4) is 0 Å². The first kappa shape index (κ1) is 18.9. The lowest BCUT2D eigenvalue weighted by Crippen LogP contribution is -2.43. The van der Waals surface area contributed by atoms with Crippen molar-refractivity contribution < 1.29 is 0 Å². The molecule has 0 rings (SSSR count). The Bertz CT molecular complexity index is 186. The van der Waals surface area contributed by atoms with Gasteiger partial charge in [0.1, 0.15) is 0 Å². The fourth-order valence-corrected chi connectivity index (χ4v) is 2.83. The summed E-state index contributed by atoms with van der Waals surface area (Å²) in [5.41, 5.74) is 0.437. The van der Waals surface area contributed by atoms with Crippen LogP contribution in [0.3, 0.4) is 0 Å². The molecule has 0 saturated heterocycles. The number of nitrogens with zero attached hydrogens (tertiary/aromatic N) is 1. The second-order valence-electron chi connectivity index (χ2n) is 6.32. The monoisotopic (exact) mass is 270 g/mol. The van der Waals surface area contributed by atoms with E-state index in [0.717, 1.165) is 13.1 Å². The summed E-state index contributed by atoms with van der Waals surface area (Å²) in [5.74, 6) is 0. The highest BCUT2D eigenvalue weighted by Crippen LogP contribution is 2.24. The number of unbranched alkanes of at least 4 members (excludes halogenated alkanes) is 2. The highest BCUT2D eigenvalue weighted by Gasteiger charge is 2.25. The fourth-order valence-electron chi connectivity index (χ4n) is 2.83. The lowest BCUT2D eigenvalue weighted by molar-refractivity contribution is 0.146. The van der Waals surface area contributed by atoms with Crippen molar-refractivity contribution in [2.24, 2.45) is 5.41 Å². The van der Waals surface area contributed by atoms with Crippen LogP contribution in [0.15, 0.2) is 0 Å². The van der Waals surface area contributed by atoms with Crippen LogP contribution in [-0.4, -0.2) is 37.6 Å². The molecule has 0 bridgehead atoms. The van der Waals surface area contributed by atoms with Gasteiger partial charge in [-0.2, -0.15) is 0 Å². The Labute approximate surface area is 122 Å². The number of hydrogen-bond donors (Lipinski definition) is 1. The minimum atomic E-state index is 0.437. The summed E-state index contributed by atoms with van der Waals surface area (Å²) < 4.78 is 0. The van der Waals surface area contributed by atoms with E-state index in [-0.39, 0.29) is 0 Å². The molecule has 1 atom stereocenters. The molecule has 0 heterocycles. The van der Waals surface area contributed by atoms with Gasteiger partial charge in [-0.25, -0.2) is 0 Å². The Morgan fingerprint density at radius 3 is 1.89 bits per heavy atom. The molecule has 0 aromatic carbocycles. The van der Waals surface area contributed by atoms with Crippen LogP contribution in [-0.2, 0) is 0 Å². The molecule has 1 N–H and O–H groups in total. The molecule has 0 aromatic rings. The molecular formula is C17H38N2. The second kappa shape index (κ2) is 11.7. The normalized spacial score (nSPS) is 14.8. The Kier molecular flexibility index (Phi) is 11.7. The van der Waals surface area contributed by atoms with E-state index in [1.807, 2.05) is 0 Å². The smallest absolute Gasteiger partial charge is 0.00475 e. The standard InChI is InChI=1S/C17H38N2/c1-6-10-13-19(14-11-7-2)16-17(5,12-8-3)15-18-9-4/h18H,6-16H2,1-5H3. The van der Waals surface area contributed by atoms with Gasteiger partial charge in [0.05, 0.1) is 0 Å². The molecule has 0 aliphatic heterocycles. The minimum absolute atomic E-state index is 0.437. The van der Waals surface area contributed by atoms with Gasteiger partial charge in [-0.05, 0) is 44.3 Å². The topological polar surface area (TPSA) is 15.3 Å². The van der Waals surface area contributed by atoms with Crippen LogP contribution in [0.1, 0.15) is 73.1 Å². The SMILES string of the molecule is CCCCN(CCCC)CC(C)(CCC)CNCC. The van der Waals surface area contributed by atoms with Crippen molar-refractivity contribution in [3.05, 3.63) is 0 Å². The molecule has 0 fully saturated rings. The summed E-state index contributed by atoms with van der Waals surface area (Å²) in [6.07, 6.45) is 7.91. The first-order valence-corrected chi connectivity index (χ1v) is 8.54. The predicted octanol–water partition coefficient (Wildman–Crippen LogP) is 4.30. The summed E-state index contributed by atoms with van der Waals surface area (Å²) in [4.78, 5) is 2.71. The van der Waals surface area contributed by atoms with Gasteiger partial charge >= 0.3 is 0 Å². The van der Waals surface area contributed by atoms with Crippen LogP contribution in [0, 0.1) is 5.41 Å². The van der Waals surface area contributed by atoms with E-state index in [1.165, 1.54) is 58.2 Å². The summed E-state index contributed by atoms with van der Waals surface area (Å²) in [6, 6.07) is 0. The third-order valence-corrected chi connectivity index (χ3v) is 3.92. The van der Waals surface area contributed by atoms with Gasteiger partial charge in [-0.1, -0.05) is 53.9 Å². The highest BCUT2D eigenvalue weighted by atomic mass is 15.1. The van der Waals surface area contributed by atoms with E-state index >= 15 is 0 Å². The molecule has 19 heavy (non-hydrogen) atoms. The highest BCUT2D eigenvalue weighted by molar-refractivity contribution is 4.80. The van der Waals surface area contributed by atoms with E-state index in [2.05, 4.69) is 44.8 Å². The average molecular weight is 271 g/mol. The fraction of sp³-hybridized carbons (Fsp3) is 1.00. The van der Waals surface area contributed by atoms with Gasteiger partial charge in [0.2, 0.25) is 0 Å². The summed E-state index contributed by atoms with van der Waals surface area (Å²) in [6.45, 7) is 17.6. The van der Waals surface area contributed by atoms with Crippen molar-refractivity contribution >= 4 is 0 Å². The molecule has 0 amide bonds. The van der Waals surface area contributed by atoms with Crippen LogP contribution in [0.2, 0.25) is 0 Å². The molecule has 0 spiro atoms. The van der Waals surface area contributed by atoms with Crippen LogP contribution < -0.4 is 5.32 Å². The molecule has 116 valence electrons. The first-order chi connectivity index (χ1) is 9.11. The molecule has 2 nitrogen and oxygen atoms in total. The zero-order valence-corrected chi connectivity index (χ0v) is 14.2. The van der Waals surface area contributed by atoms with Gasteiger partial charge in [0.25, 0.3) is 0 Å². The Morgan fingerprint density at radius 2 is 1.47 bits per heavy atom. The Balaban J connectivity index is 4.41. The number of nitrogens with one attached hydrogen (secondary N) is 1. The van der Waals surface area contributed by atoms with E-state index in [1.54, 1.807) is 0 Å². The van der Waals surface area contributed by atoms with Crippen molar-refractivity contribution in [2.75, 3.05) is 32.7 Å². The van der Waals surface area contributed by atoms with Gasteiger partial charge in [-0.15, -0.1) is 0 Å². The van der Waals surface area contributed by atoms with Crippen LogP contribution >= 0.6 is 0 Å². The number of hydrogen-bond acceptors (Lipinski definition) is 2. The van der Waals surface area contributed by atoms with E-state index in [4.69, 9.17) is 0 Å². The second-order valence-corrected chi connectivity index (χ2v) is 6.32. The van der Waals surface area contributed by atoms with Crippen LogP contribution in [0.4, 0.5) is 0 Å². The maximum absolute atomic E-state index is 3.56.